The summed E-state index contributed by atoms with van der Waals surface area (Å²) in [6.45, 7) is 6.59. The second-order valence-electron chi connectivity index (χ2n) is 18.2. The molecule has 0 aliphatic rings. The van der Waals surface area contributed by atoms with Crippen molar-refractivity contribution in [2.24, 2.45) is 0 Å². The van der Waals surface area contributed by atoms with Crippen LogP contribution in [-0.4, -0.2) is 37.2 Å². The van der Waals surface area contributed by atoms with Gasteiger partial charge in [0.2, 0.25) is 0 Å². The highest BCUT2D eigenvalue weighted by atomic mass is 16.6. The van der Waals surface area contributed by atoms with E-state index in [0.717, 1.165) is 77.0 Å². The summed E-state index contributed by atoms with van der Waals surface area (Å²) < 4.78 is 16.7. The largest absolute Gasteiger partial charge is 0.462 e. The topological polar surface area (TPSA) is 78.9 Å². The van der Waals surface area contributed by atoms with Crippen LogP contribution in [0.15, 0.2) is 36.5 Å². The van der Waals surface area contributed by atoms with E-state index in [1.165, 1.54) is 167 Å². The number of unbranched alkanes of at least 4 members (excludes halogenated alkanes) is 32. The zero-order valence-electron chi connectivity index (χ0n) is 41.4. The van der Waals surface area contributed by atoms with Gasteiger partial charge in [0.1, 0.15) is 13.2 Å². The average molecular weight is 871 g/mol. The SMILES string of the molecule is CCCCCCC/C=C\C/C=C\C/C=C\CCCCCCCCC(=O)OCC(COC(=O)CCCCCCCC)OC(=O)CCCCCCCCCCCCCCCCCCC. The van der Waals surface area contributed by atoms with Gasteiger partial charge in [0.25, 0.3) is 0 Å². The van der Waals surface area contributed by atoms with E-state index in [9.17, 15) is 14.4 Å². The van der Waals surface area contributed by atoms with Crippen molar-refractivity contribution in [2.75, 3.05) is 13.2 Å². The van der Waals surface area contributed by atoms with Crippen molar-refractivity contribution in [2.45, 2.75) is 290 Å². The molecular weight excluding hydrogens is 769 g/mol. The van der Waals surface area contributed by atoms with Crippen LogP contribution in [-0.2, 0) is 28.6 Å². The van der Waals surface area contributed by atoms with Crippen LogP contribution in [0.4, 0.5) is 0 Å². The van der Waals surface area contributed by atoms with E-state index in [1.807, 2.05) is 0 Å². The maximum atomic E-state index is 12.8. The molecule has 1 atom stereocenters. The van der Waals surface area contributed by atoms with Gasteiger partial charge in [0.15, 0.2) is 6.10 Å². The summed E-state index contributed by atoms with van der Waals surface area (Å²) in [6.07, 6.45) is 60.1. The predicted molar refractivity (Wildman–Crippen MR) is 266 cm³/mol. The Labute approximate surface area is 385 Å². The third-order valence-electron chi connectivity index (χ3n) is 11.9. The van der Waals surface area contributed by atoms with Crippen LogP contribution in [0, 0.1) is 0 Å². The molecule has 0 rings (SSSR count). The molecule has 0 aromatic heterocycles. The summed E-state index contributed by atoms with van der Waals surface area (Å²) in [4.78, 5) is 37.8. The van der Waals surface area contributed by atoms with Gasteiger partial charge in [-0.05, 0) is 57.8 Å². The van der Waals surface area contributed by atoms with Gasteiger partial charge in [-0.25, -0.2) is 0 Å². The van der Waals surface area contributed by atoms with E-state index in [1.54, 1.807) is 0 Å². The Bertz CT molecular complexity index is 1050. The first kappa shape index (κ1) is 59.6. The summed E-state index contributed by atoms with van der Waals surface area (Å²) in [7, 11) is 0. The lowest BCUT2D eigenvalue weighted by atomic mass is 10.0. The molecule has 0 saturated heterocycles. The standard InChI is InChI=1S/C56H102O6/c1-4-7-10-13-16-18-20-22-24-26-27-28-29-31-32-34-36-38-40-43-46-49-55(58)61-52-53(51-60-54(57)48-45-42-15-12-9-6-3)62-56(59)50-47-44-41-39-37-35-33-30-25-23-21-19-17-14-11-8-5-2/h20,22,26-27,29,31,53H,4-19,21,23-25,28,30,32-52H2,1-3H3/b22-20-,27-26-,31-29-. The first-order valence-electron chi connectivity index (χ1n) is 27.0. The van der Waals surface area contributed by atoms with E-state index in [2.05, 4.69) is 57.2 Å². The van der Waals surface area contributed by atoms with Gasteiger partial charge in [0, 0.05) is 19.3 Å². The minimum absolute atomic E-state index is 0.0738. The molecule has 62 heavy (non-hydrogen) atoms. The first-order chi connectivity index (χ1) is 30.5. The number of hydrogen-bond donors (Lipinski definition) is 0. The molecule has 0 heterocycles. The van der Waals surface area contributed by atoms with Crippen LogP contribution < -0.4 is 0 Å². The van der Waals surface area contributed by atoms with Gasteiger partial charge in [0.05, 0.1) is 0 Å². The molecule has 0 spiro atoms. The highest BCUT2D eigenvalue weighted by Crippen LogP contribution is 2.16. The van der Waals surface area contributed by atoms with Crippen molar-refractivity contribution in [3.05, 3.63) is 36.5 Å². The fourth-order valence-corrected chi connectivity index (χ4v) is 7.80. The lowest BCUT2D eigenvalue weighted by molar-refractivity contribution is -0.167. The molecule has 0 aliphatic carbocycles. The number of carbonyl (C=O) groups excluding carboxylic acids is 3. The van der Waals surface area contributed by atoms with Gasteiger partial charge in [-0.3, -0.25) is 14.4 Å². The molecule has 362 valence electrons. The molecule has 0 fully saturated rings. The third kappa shape index (κ3) is 48.7. The molecule has 6 heteroatoms. The van der Waals surface area contributed by atoms with Crippen LogP contribution in [0.3, 0.4) is 0 Å². The van der Waals surface area contributed by atoms with E-state index >= 15 is 0 Å². The summed E-state index contributed by atoms with van der Waals surface area (Å²) >= 11 is 0. The molecule has 6 nitrogen and oxygen atoms in total. The van der Waals surface area contributed by atoms with Crippen molar-refractivity contribution in [3.8, 4) is 0 Å². The Hall–Kier alpha value is -2.37. The van der Waals surface area contributed by atoms with E-state index < -0.39 is 6.10 Å². The summed E-state index contributed by atoms with van der Waals surface area (Å²) in [5, 5.41) is 0. The molecule has 0 saturated carbocycles. The van der Waals surface area contributed by atoms with Crippen molar-refractivity contribution in [1.29, 1.82) is 0 Å². The molecule has 0 bridgehead atoms. The second kappa shape index (κ2) is 51.3. The highest BCUT2D eigenvalue weighted by Gasteiger charge is 2.19. The normalized spacial score (nSPS) is 12.2. The Kier molecular flexibility index (Phi) is 49.3. The van der Waals surface area contributed by atoms with Crippen LogP contribution >= 0.6 is 0 Å². The van der Waals surface area contributed by atoms with Gasteiger partial charge >= 0.3 is 17.9 Å². The van der Waals surface area contributed by atoms with Crippen molar-refractivity contribution < 1.29 is 28.6 Å². The average Bonchev–Trinajstić information content (AvgIpc) is 3.27. The van der Waals surface area contributed by atoms with E-state index in [4.69, 9.17) is 14.2 Å². The zero-order chi connectivity index (χ0) is 45.1. The quantitative estimate of drug-likeness (QED) is 0.0262. The van der Waals surface area contributed by atoms with Crippen LogP contribution in [0.25, 0.3) is 0 Å². The fourth-order valence-electron chi connectivity index (χ4n) is 7.80. The Morgan fingerprint density at radius 2 is 0.581 bits per heavy atom. The minimum atomic E-state index is -0.771. The number of esters is 3. The molecule has 1 unspecified atom stereocenters. The van der Waals surface area contributed by atoms with Crippen LogP contribution in [0.2, 0.25) is 0 Å². The third-order valence-corrected chi connectivity index (χ3v) is 11.9. The number of rotatable bonds is 49. The monoisotopic (exact) mass is 871 g/mol. The summed E-state index contributed by atoms with van der Waals surface area (Å²) in [5.74, 6) is -0.884. The van der Waals surface area contributed by atoms with E-state index in [0.29, 0.717) is 19.3 Å². The fraction of sp³-hybridized carbons (Fsp3) is 0.839. The number of allylic oxidation sites excluding steroid dienone is 6. The highest BCUT2D eigenvalue weighted by molar-refractivity contribution is 5.71. The van der Waals surface area contributed by atoms with Gasteiger partial charge in [-0.15, -0.1) is 0 Å². The molecular formula is C56H102O6. The van der Waals surface area contributed by atoms with Crippen molar-refractivity contribution >= 4 is 17.9 Å². The number of carbonyl (C=O) groups is 3. The van der Waals surface area contributed by atoms with Crippen molar-refractivity contribution in [1.82, 2.24) is 0 Å². The molecule has 0 radical (unpaired) electrons. The van der Waals surface area contributed by atoms with Gasteiger partial charge in [-0.2, -0.15) is 0 Å². The van der Waals surface area contributed by atoms with Crippen LogP contribution in [0.5, 0.6) is 0 Å². The van der Waals surface area contributed by atoms with Gasteiger partial charge < -0.3 is 14.2 Å². The van der Waals surface area contributed by atoms with Gasteiger partial charge in [-0.1, -0.05) is 243 Å². The summed E-state index contributed by atoms with van der Waals surface area (Å²) in [5.41, 5.74) is 0. The Morgan fingerprint density at radius 1 is 0.323 bits per heavy atom. The first-order valence-corrected chi connectivity index (χ1v) is 27.0. The number of ether oxygens (including phenoxy) is 3. The maximum Gasteiger partial charge on any atom is 0.306 e. The molecule has 0 aliphatic heterocycles. The minimum Gasteiger partial charge on any atom is -0.462 e. The summed E-state index contributed by atoms with van der Waals surface area (Å²) in [6, 6.07) is 0. The molecule has 0 aromatic carbocycles. The lowest BCUT2D eigenvalue weighted by Gasteiger charge is -2.18. The van der Waals surface area contributed by atoms with Crippen molar-refractivity contribution in [3.63, 3.8) is 0 Å². The smallest absolute Gasteiger partial charge is 0.306 e. The second-order valence-corrected chi connectivity index (χ2v) is 18.2. The zero-order valence-corrected chi connectivity index (χ0v) is 41.4. The van der Waals surface area contributed by atoms with Crippen LogP contribution in [0.1, 0.15) is 284 Å². The predicted octanol–water partition coefficient (Wildman–Crippen LogP) is 17.7. The lowest BCUT2D eigenvalue weighted by Crippen LogP contribution is -2.30. The number of hydrogen-bond acceptors (Lipinski definition) is 6. The molecule has 0 aromatic rings. The Morgan fingerprint density at radius 3 is 0.903 bits per heavy atom. The molecule has 0 N–H and O–H groups in total. The van der Waals surface area contributed by atoms with E-state index in [-0.39, 0.29) is 31.1 Å². The maximum absolute atomic E-state index is 12.8. The Balaban J connectivity index is 4.19. The molecule has 0 amide bonds.